The van der Waals surface area contributed by atoms with E-state index in [-0.39, 0.29) is 12.2 Å². The molecule has 1 nitrogen and oxygen atoms in total. The largest absolute Gasteiger partial charge is 0.296 e. The van der Waals surface area contributed by atoms with Crippen LogP contribution in [0.25, 0.3) is 0 Å². The van der Waals surface area contributed by atoms with Gasteiger partial charge in [-0.2, -0.15) is 0 Å². The SMILES string of the molecule is CCC1CCN(C(C)(C)CF)CC1. The smallest absolute Gasteiger partial charge is 0.107 e. The van der Waals surface area contributed by atoms with E-state index in [0.29, 0.717) is 0 Å². The van der Waals surface area contributed by atoms with Crippen molar-refractivity contribution in [2.45, 2.75) is 45.6 Å². The number of alkyl halides is 1. The second-order valence-electron chi connectivity index (χ2n) is 4.78. The van der Waals surface area contributed by atoms with Gasteiger partial charge in [-0.05, 0) is 45.7 Å². The van der Waals surface area contributed by atoms with Crippen LogP contribution in [0.2, 0.25) is 0 Å². The summed E-state index contributed by atoms with van der Waals surface area (Å²) in [6, 6.07) is 0. The first-order valence-corrected chi connectivity index (χ1v) is 5.41. The summed E-state index contributed by atoms with van der Waals surface area (Å²) >= 11 is 0. The molecule has 1 rings (SSSR count). The Bertz CT molecular complexity index is 148. The molecule has 0 aromatic rings. The van der Waals surface area contributed by atoms with Gasteiger partial charge in [0.1, 0.15) is 6.67 Å². The number of halogens is 1. The van der Waals surface area contributed by atoms with Gasteiger partial charge in [0.2, 0.25) is 0 Å². The predicted octanol–water partition coefficient (Wildman–Crippen LogP) is 2.86. The Balaban J connectivity index is 2.40. The third-order valence-electron chi connectivity index (χ3n) is 3.37. The van der Waals surface area contributed by atoms with Gasteiger partial charge in [-0.15, -0.1) is 0 Å². The van der Waals surface area contributed by atoms with Crippen molar-refractivity contribution < 1.29 is 4.39 Å². The van der Waals surface area contributed by atoms with Gasteiger partial charge in [-0.1, -0.05) is 13.3 Å². The van der Waals surface area contributed by atoms with Crippen molar-refractivity contribution in [3.8, 4) is 0 Å². The van der Waals surface area contributed by atoms with Crippen LogP contribution in [0, 0.1) is 5.92 Å². The summed E-state index contributed by atoms with van der Waals surface area (Å²) in [6.07, 6.45) is 3.78. The van der Waals surface area contributed by atoms with E-state index in [1.165, 1.54) is 19.3 Å². The lowest BCUT2D eigenvalue weighted by molar-refractivity contribution is 0.0550. The van der Waals surface area contributed by atoms with Crippen molar-refractivity contribution in [1.29, 1.82) is 0 Å². The third-order valence-corrected chi connectivity index (χ3v) is 3.37. The zero-order valence-electron chi connectivity index (χ0n) is 9.15. The molecular formula is C11H22FN. The van der Waals surface area contributed by atoms with Crippen molar-refractivity contribution in [3.63, 3.8) is 0 Å². The second kappa shape index (κ2) is 4.41. The molecule has 0 aromatic heterocycles. The van der Waals surface area contributed by atoms with Crippen LogP contribution in [0.5, 0.6) is 0 Å². The van der Waals surface area contributed by atoms with Gasteiger partial charge in [0.05, 0.1) is 0 Å². The highest BCUT2D eigenvalue weighted by atomic mass is 19.1. The molecule has 0 saturated carbocycles. The molecule has 0 bridgehead atoms. The van der Waals surface area contributed by atoms with Crippen LogP contribution < -0.4 is 0 Å². The minimum atomic E-state index is -0.237. The highest BCUT2D eigenvalue weighted by molar-refractivity contribution is 4.84. The van der Waals surface area contributed by atoms with E-state index in [4.69, 9.17) is 0 Å². The fourth-order valence-corrected chi connectivity index (χ4v) is 2.03. The molecule has 0 aliphatic carbocycles. The standard InChI is InChI=1S/C11H22FN/c1-4-10-5-7-13(8-6-10)11(2,3)9-12/h10H,4-9H2,1-3H3. The van der Waals surface area contributed by atoms with Gasteiger partial charge in [0, 0.05) is 5.54 Å². The number of piperidine rings is 1. The first kappa shape index (κ1) is 11.0. The molecule has 1 heterocycles. The quantitative estimate of drug-likeness (QED) is 0.656. The van der Waals surface area contributed by atoms with Crippen LogP contribution in [0.1, 0.15) is 40.0 Å². The monoisotopic (exact) mass is 187 g/mol. The number of hydrogen-bond donors (Lipinski definition) is 0. The number of hydrogen-bond acceptors (Lipinski definition) is 1. The Morgan fingerprint density at radius 3 is 2.23 bits per heavy atom. The van der Waals surface area contributed by atoms with Crippen LogP contribution in [-0.4, -0.2) is 30.2 Å². The van der Waals surface area contributed by atoms with Crippen LogP contribution in [0.3, 0.4) is 0 Å². The zero-order chi connectivity index (χ0) is 9.90. The van der Waals surface area contributed by atoms with Gasteiger partial charge in [-0.25, -0.2) is 4.39 Å². The van der Waals surface area contributed by atoms with Crippen LogP contribution in [0.15, 0.2) is 0 Å². The highest BCUT2D eigenvalue weighted by Gasteiger charge is 2.29. The molecule has 0 N–H and O–H groups in total. The highest BCUT2D eigenvalue weighted by Crippen LogP contribution is 2.25. The van der Waals surface area contributed by atoms with Gasteiger partial charge in [-0.3, -0.25) is 4.90 Å². The van der Waals surface area contributed by atoms with E-state index >= 15 is 0 Å². The molecule has 2 heteroatoms. The van der Waals surface area contributed by atoms with Crippen molar-refractivity contribution in [2.75, 3.05) is 19.8 Å². The fourth-order valence-electron chi connectivity index (χ4n) is 2.03. The van der Waals surface area contributed by atoms with Crippen molar-refractivity contribution in [3.05, 3.63) is 0 Å². The van der Waals surface area contributed by atoms with Crippen molar-refractivity contribution >= 4 is 0 Å². The maximum absolute atomic E-state index is 12.7. The van der Waals surface area contributed by atoms with E-state index in [9.17, 15) is 4.39 Å². The molecule has 0 radical (unpaired) electrons. The molecule has 1 aliphatic heterocycles. The Hall–Kier alpha value is -0.110. The average Bonchev–Trinajstić information content (AvgIpc) is 2.18. The predicted molar refractivity (Wildman–Crippen MR) is 54.6 cm³/mol. The van der Waals surface area contributed by atoms with Gasteiger partial charge in [0.15, 0.2) is 0 Å². The zero-order valence-corrected chi connectivity index (χ0v) is 9.15. The molecule has 1 saturated heterocycles. The number of rotatable bonds is 3. The van der Waals surface area contributed by atoms with E-state index in [2.05, 4.69) is 11.8 Å². The molecule has 0 unspecified atom stereocenters. The molecule has 0 amide bonds. The summed E-state index contributed by atoms with van der Waals surface area (Å²) in [4.78, 5) is 2.29. The van der Waals surface area contributed by atoms with Crippen LogP contribution in [0.4, 0.5) is 4.39 Å². The maximum atomic E-state index is 12.7. The van der Waals surface area contributed by atoms with Gasteiger partial charge >= 0.3 is 0 Å². The Morgan fingerprint density at radius 1 is 1.31 bits per heavy atom. The maximum Gasteiger partial charge on any atom is 0.107 e. The van der Waals surface area contributed by atoms with E-state index in [1.54, 1.807) is 0 Å². The summed E-state index contributed by atoms with van der Waals surface area (Å²) in [7, 11) is 0. The minimum absolute atomic E-state index is 0.232. The normalized spacial score (nSPS) is 22.2. The topological polar surface area (TPSA) is 3.24 Å². The summed E-state index contributed by atoms with van der Waals surface area (Å²) in [5.41, 5.74) is -0.237. The van der Waals surface area contributed by atoms with E-state index < -0.39 is 0 Å². The minimum Gasteiger partial charge on any atom is -0.296 e. The summed E-state index contributed by atoms with van der Waals surface area (Å²) < 4.78 is 12.7. The van der Waals surface area contributed by atoms with Crippen LogP contribution in [-0.2, 0) is 0 Å². The first-order chi connectivity index (χ1) is 6.10. The molecule has 0 spiro atoms. The molecule has 1 aliphatic rings. The van der Waals surface area contributed by atoms with E-state index in [0.717, 1.165) is 19.0 Å². The molecule has 0 aromatic carbocycles. The lowest BCUT2D eigenvalue weighted by Gasteiger charge is -2.41. The number of likely N-dealkylation sites (tertiary alicyclic amines) is 1. The summed E-state index contributed by atoms with van der Waals surface area (Å²) in [6.45, 7) is 8.17. The third kappa shape index (κ3) is 2.67. The Morgan fingerprint density at radius 2 is 1.85 bits per heavy atom. The molecule has 0 atom stereocenters. The van der Waals surface area contributed by atoms with Gasteiger partial charge < -0.3 is 0 Å². The van der Waals surface area contributed by atoms with E-state index in [1.807, 2.05) is 13.8 Å². The van der Waals surface area contributed by atoms with Crippen LogP contribution >= 0.6 is 0 Å². The lowest BCUT2D eigenvalue weighted by atomic mass is 9.91. The molecule has 1 fully saturated rings. The summed E-state index contributed by atoms with van der Waals surface area (Å²) in [5.74, 6) is 0.881. The lowest BCUT2D eigenvalue weighted by Crippen LogP contribution is -2.49. The van der Waals surface area contributed by atoms with Gasteiger partial charge in [0.25, 0.3) is 0 Å². The van der Waals surface area contributed by atoms with Crippen molar-refractivity contribution in [1.82, 2.24) is 4.90 Å². The Kier molecular flexibility index (Phi) is 3.72. The second-order valence-corrected chi connectivity index (χ2v) is 4.78. The fraction of sp³-hybridized carbons (Fsp3) is 1.00. The Labute approximate surface area is 81.3 Å². The molecule has 78 valence electrons. The van der Waals surface area contributed by atoms with Crippen molar-refractivity contribution in [2.24, 2.45) is 5.92 Å². The first-order valence-electron chi connectivity index (χ1n) is 5.41. The number of nitrogens with zero attached hydrogens (tertiary/aromatic N) is 1. The molecular weight excluding hydrogens is 165 g/mol. The average molecular weight is 187 g/mol. The molecule has 13 heavy (non-hydrogen) atoms. The summed E-state index contributed by atoms with van der Waals surface area (Å²) in [5, 5.41) is 0.